The van der Waals surface area contributed by atoms with Crippen LogP contribution in [0.15, 0.2) is 60.7 Å². The van der Waals surface area contributed by atoms with Crippen LogP contribution in [0.5, 0.6) is 0 Å². The lowest BCUT2D eigenvalue weighted by atomic mass is 10.1. The number of ether oxygens (including phenoxy) is 2. The molecular weight excluding hydrogens is 310 g/mol. The second-order valence-corrected chi connectivity index (χ2v) is 7.47. The highest BCUT2D eigenvalue weighted by molar-refractivity contribution is 5.18. The van der Waals surface area contributed by atoms with Crippen molar-refractivity contribution >= 4 is 0 Å². The molecule has 2 atom stereocenters. The average molecular weight is 337 g/mol. The zero-order chi connectivity index (χ0) is 17.1. The van der Waals surface area contributed by atoms with Crippen LogP contribution in [0.2, 0.25) is 0 Å². The van der Waals surface area contributed by atoms with Crippen molar-refractivity contribution in [2.45, 2.75) is 44.7 Å². The van der Waals surface area contributed by atoms with Crippen molar-refractivity contribution in [3.63, 3.8) is 0 Å². The molecule has 0 N–H and O–H groups in total. The molecule has 0 bridgehead atoms. The second kappa shape index (κ2) is 7.28. The minimum atomic E-state index is -0.370. The molecule has 0 unspecified atom stereocenters. The first-order valence-corrected chi connectivity index (χ1v) is 9.32. The van der Waals surface area contributed by atoms with E-state index in [9.17, 15) is 0 Å². The summed E-state index contributed by atoms with van der Waals surface area (Å²) in [5, 5.41) is 0. The van der Waals surface area contributed by atoms with Gasteiger partial charge in [-0.1, -0.05) is 60.7 Å². The highest BCUT2D eigenvalue weighted by Crippen LogP contribution is 2.44. The van der Waals surface area contributed by atoms with E-state index in [4.69, 9.17) is 9.47 Å². The molecule has 0 amide bonds. The second-order valence-electron chi connectivity index (χ2n) is 7.47. The number of hydrogen-bond donors (Lipinski definition) is 0. The van der Waals surface area contributed by atoms with Gasteiger partial charge in [-0.2, -0.15) is 0 Å². The normalized spacial score (nSPS) is 24.6. The van der Waals surface area contributed by atoms with Gasteiger partial charge in [-0.15, -0.1) is 0 Å². The Morgan fingerprint density at radius 2 is 1.40 bits per heavy atom. The Bertz CT molecular complexity index is 625. The molecule has 2 aromatic rings. The van der Waals surface area contributed by atoms with E-state index >= 15 is 0 Å². The van der Waals surface area contributed by atoms with E-state index in [0.29, 0.717) is 12.0 Å². The molecule has 25 heavy (non-hydrogen) atoms. The zero-order valence-electron chi connectivity index (χ0n) is 14.9. The molecule has 1 heterocycles. The zero-order valence-corrected chi connectivity index (χ0v) is 14.9. The lowest BCUT2D eigenvalue weighted by Gasteiger charge is -2.26. The van der Waals surface area contributed by atoms with Crippen LogP contribution in [0.4, 0.5) is 0 Å². The first kappa shape index (κ1) is 16.8. The van der Waals surface area contributed by atoms with Crippen molar-refractivity contribution in [3.8, 4) is 0 Å². The molecular formula is C22H27NO2. The Labute approximate surface area is 150 Å². The Hall–Kier alpha value is -1.68. The van der Waals surface area contributed by atoms with Crippen molar-refractivity contribution in [1.29, 1.82) is 0 Å². The summed E-state index contributed by atoms with van der Waals surface area (Å²) in [6.45, 7) is 5.54. The van der Waals surface area contributed by atoms with Crippen LogP contribution in [0, 0.1) is 5.92 Å². The summed E-state index contributed by atoms with van der Waals surface area (Å²) >= 11 is 0. The SMILES string of the molecule is CC1(C[C@@H]2C[C@H]2N(Cc2ccccc2)Cc2ccccc2)OCCO1. The van der Waals surface area contributed by atoms with Gasteiger partial charge in [-0.25, -0.2) is 0 Å². The maximum Gasteiger partial charge on any atom is 0.166 e. The van der Waals surface area contributed by atoms with Gasteiger partial charge in [-0.3, -0.25) is 4.90 Å². The van der Waals surface area contributed by atoms with Crippen molar-refractivity contribution in [2.75, 3.05) is 13.2 Å². The predicted molar refractivity (Wildman–Crippen MR) is 99.0 cm³/mol. The van der Waals surface area contributed by atoms with Crippen LogP contribution < -0.4 is 0 Å². The highest BCUT2D eigenvalue weighted by Gasteiger charge is 2.47. The molecule has 132 valence electrons. The van der Waals surface area contributed by atoms with Crippen molar-refractivity contribution in [3.05, 3.63) is 71.8 Å². The molecule has 0 aromatic heterocycles. The molecule has 1 aliphatic heterocycles. The Morgan fingerprint density at radius 3 is 1.92 bits per heavy atom. The van der Waals surface area contributed by atoms with E-state index in [0.717, 1.165) is 32.7 Å². The van der Waals surface area contributed by atoms with Gasteiger partial charge < -0.3 is 9.47 Å². The predicted octanol–water partition coefficient (Wildman–Crippen LogP) is 4.23. The van der Waals surface area contributed by atoms with E-state index in [1.807, 2.05) is 0 Å². The van der Waals surface area contributed by atoms with E-state index in [-0.39, 0.29) is 5.79 Å². The van der Waals surface area contributed by atoms with Gasteiger partial charge in [0.25, 0.3) is 0 Å². The van der Waals surface area contributed by atoms with E-state index in [2.05, 4.69) is 72.5 Å². The summed E-state index contributed by atoms with van der Waals surface area (Å²) in [5.41, 5.74) is 2.76. The smallest absolute Gasteiger partial charge is 0.166 e. The largest absolute Gasteiger partial charge is 0.348 e. The van der Waals surface area contributed by atoms with Gasteiger partial charge in [0, 0.05) is 25.6 Å². The van der Waals surface area contributed by atoms with Gasteiger partial charge in [0.1, 0.15) is 0 Å². The maximum atomic E-state index is 5.82. The summed E-state index contributed by atoms with van der Waals surface area (Å²) in [6.07, 6.45) is 2.24. The summed E-state index contributed by atoms with van der Waals surface area (Å²) in [5.74, 6) is 0.292. The maximum absolute atomic E-state index is 5.82. The molecule has 0 radical (unpaired) electrons. The molecule has 3 nitrogen and oxygen atoms in total. The van der Waals surface area contributed by atoms with Crippen molar-refractivity contribution in [2.24, 2.45) is 5.92 Å². The summed E-state index contributed by atoms with van der Waals surface area (Å²) in [6, 6.07) is 22.2. The standard InChI is InChI=1S/C22H27NO2/c1-22(24-12-13-25-22)15-20-14-21(20)23(16-18-8-4-2-5-9-18)17-19-10-6-3-7-11-19/h2-11,20-21H,12-17H2,1H3/t20-,21+/m0/s1. The van der Waals surface area contributed by atoms with Crippen LogP contribution in [-0.2, 0) is 22.6 Å². The summed E-state index contributed by atoms with van der Waals surface area (Å²) in [4.78, 5) is 2.62. The molecule has 3 heteroatoms. The average Bonchev–Trinajstić information content (AvgIpc) is 3.25. The third kappa shape index (κ3) is 4.30. The van der Waals surface area contributed by atoms with E-state index in [1.165, 1.54) is 17.5 Å². The Balaban J connectivity index is 1.44. The van der Waals surface area contributed by atoms with Crippen LogP contribution in [0.3, 0.4) is 0 Å². The number of hydrogen-bond acceptors (Lipinski definition) is 3. The molecule has 2 aromatic carbocycles. The van der Waals surface area contributed by atoms with Crippen LogP contribution in [-0.4, -0.2) is 29.9 Å². The van der Waals surface area contributed by atoms with Crippen LogP contribution >= 0.6 is 0 Å². The first-order chi connectivity index (χ1) is 12.2. The summed E-state index contributed by atoms with van der Waals surface area (Å²) < 4.78 is 11.6. The van der Waals surface area contributed by atoms with Crippen molar-refractivity contribution in [1.82, 2.24) is 4.90 Å². The van der Waals surface area contributed by atoms with E-state index in [1.54, 1.807) is 0 Å². The number of rotatable bonds is 7. The molecule has 2 aliphatic rings. The quantitative estimate of drug-likeness (QED) is 0.755. The summed E-state index contributed by atoms with van der Waals surface area (Å²) in [7, 11) is 0. The third-order valence-corrected chi connectivity index (χ3v) is 5.34. The fourth-order valence-electron chi connectivity index (χ4n) is 3.98. The van der Waals surface area contributed by atoms with Gasteiger partial charge in [-0.05, 0) is 30.4 Å². The molecule has 1 aliphatic carbocycles. The molecule has 1 saturated heterocycles. The first-order valence-electron chi connectivity index (χ1n) is 9.32. The van der Waals surface area contributed by atoms with Gasteiger partial charge >= 0.3 is 0 Å². The Morgan fingerprint density at radius 1 is 0.880 bits per heavy atom. The topological polar surface area (TPSA) is 21.7 Å². The fraction of sp³-hybridized carbons (Fsp3) is 0.455. The number of benzene rings is 2. The molecule has 1 saturated carbocycles. The lowest BCUT2D eigenvalue weighted by Crippen LogP contribution is -2.30. The highest BCUT2D eigenvalue weighted by atomic mass is 16.7. The number of nitrogens with zero attached hydrogens (tertiary/aromatic N) is 1. The van der Waals surface area contributed by atoms with Gasteiger partial charge in [0.05, 0.1) is 13.2 Å². The lowest BCUT2D eigenvalue weighted by molar-refractivity contribution is -0.150. The minimum absolute atomic E-state index is 0.370. The third-order valence-electron chi connectivity index (χ3n) is 5.34. The molecule has 4 rings (SSSR count). The van der Waals surface area contributed by atoms with Crippen LogP contribution in [0.25, 0.3) is 0 Å². The molecule has 0 spiro atoms. The Kier molecular flexibility index (Phi) is 4.89. The minimum Gasteiger partial charge on any atom is -0.348 e. The monoisotopic (exact) mass is 337 g/mol. The van der Waals surface area contributed by atoms with Gasteiger partial charge in [0.2, 0.25) is 0 Å². The van der Waals surface area contributed by atoms with Crippen molar-refractivity contribution < 1.29 is 9.47 Å². The van der Waals surface area contributed by atoms with Crippen LogP contribution in [0.1, 0.15) is 30.9 Å². The fourth-order valence-corrected chi connectivity index (χ4v) is 3.98. The molecule has 2 fully saturated rings. The van der Waals surface area contributed by atoms with E-state index < -0.39 is 0 Å². The van der Waals surface area contributed by atoms with Gasteiger partial charge in [0.15, 0.2) is 5.79 Å².